The quantitative estimate of drug-likeness (QED) is 0.300. The number of rotatable bonds is 13. The number of hydrogen-bond donors (Lipinski definition) is 0. The summed E-state index contributed by atoms with van der Waals surface area (Å²) in [7, 11) is 0. The molecule has 0 amide bonds. The molecule has 0 aromatic heterocycles. The summed E-state index contributed by atoms with van der Waals surface area (Å²) in [4.78, 5) is 0. The minimum absolute atomic E-state index is 0.276. The van der Waals surface area contributed by atoms with Gasteiger partial charge < -0.3 is 4.74 Å². The van der Waals surface area contributed by atoms with Crippen LogP contribution >= 0.6 is 0 Å². The van der Waals surface area contributed by atoms with E-state index >= 15 is 0 Å². The van der Waals surface area contributed by atoms with Crippen LogP contribution in [0.2, 0.25) is 0 Å². The van der Waals surface area contributed by atoms with Gasteiger partial charge in [0.2, 0.25) is 0 Å². The van der Waals surface area contributed by atoms with Crippen LogP contribution in [0.3, 0.4) is 0 Å². The van der Waals surface area contributed by atoms with Gasteiger partial charge in [-0.25, -0.2) is 0 Å². The molecule has 0 spiro atoms. The van der Waals surface area contributed by atoms with Gasteiger partial charge in [-0.3, -0.25) is 0 Å². The Morgan fingerprint density at radius 2 is 1.56 bits per heavy atom. The molecule has 0 aliphatic carbocycles. The molecular weight excluding hydrogens is 220 g/mol. The molecule has 108 valence electrons. The molecule has 1 heteroatoms. The van der Waals surface area contributed by atoms with Crippen LogP contribution in [0.5, 0.6) is 0 Å². The fourth-order valence-electron chi connectivity index (χ4n) is 2.26. The minimum atomic E-state index is 0.276. The molecule has 1 nitrogen and oxygen atoms in total. The van der Waals surface area contributed by atoms with Gasteiger partial charge in [0.25, 0.3) is 0 Å². The van der Waals surface area contributed by atoms with E-state index in [4.69, 9.17) is 4.74 Å². The molecule has 0 bridgehead atoms. The SMILES string of the molecule is C=CC(C)(CCCCCCCCC)CCOCC. The van der Waals surface area contributed by atoms with Gasteiger partial charge in [-0.1, -0.05) is 64.9 Å². The van der Waals surface area contributed by atoms with Crippen LogP contribution in [0, 0.1) is 5.41 Å². The molecule has 0 N–H and O–H groups in total. The van der Waals surface area contributed by atoms with Gasteiger partial charge in [-0.15, -0.1) is 6.58 Å². The first-order valence-corrected chi connectivity index (χ1v) is 7.90. The molecule has 0 rings (SSSR count). The highest BCUT2D eigenvalue weighted by Gasteiger charge is 2.19. The van der Waals surface area contributed by atoms with Gasteiger partial charge >= 0.3 is 0 Å². The highest BCUT2D eigenvalue weighted by Crippen LogP contribution is 2.30. The van der Waals surface area contributed by atoms with Crippen molar-refractivity contribution in [1.82, 2.24) is 0 Å². The zero-order valence-corrected chi connectivity index (χ0v) is 13.0. The number of unbranched alkanes of at least 4 members (excludes halogenated alkanes) is 6. The van der Waals surface area contributed by atoms with E-state index < -0.39 is 0 Å². The lowest BCUT2D eigenvalue weighted by Gasteiger charge is -2.25. The second-order valence-electron chi connectivity index (χ2n) is 5.68. The lowest BCUT2D eigenvalue weighted by atomic mass is 9.82. The Balaban J connectivity index is 3.56. The van der Waals surface area contributed by atoms with Crippen LogP contribution < -0.4 is 0 Å². The Bertz CT molecular complexity index is 188. The summed E-state index contributed by atoms with van der Waals surface area (Å²) in [6.45, 7) is 12.3. The zero-order chi connectivity index (χ0) is 13.7. The Hall–Kier alpha value is -0.300. The van der Waals surface area contributed by atoms with Crippen LogP contribution in [-0.2, 0) is 4.74 Å². The lowest BCUT2D eigenvalue weighted by Crippen LogP contribution is -2.16. The van der Waals surface area contributed by atoms with Crippen molar-refractivity contribution in [3.8, 4) is 0 Å². The molecule has 0 aromatic rings. The second kappa shape index (κ2) is 11.8. The van der Waals surface area contributed by atoms with E-state index in [0.29, 0.717) is 0 Å². The van der Waals surface area contributed by atoms with Crippen LogP contribution in [0.15, 0.2) is 12.7 Å². The molecule has 0 aromatic carbocycles. The minimum Gasteiger partial charge on any atom is -0.382 e. The summed E-state index contributed by atoms with van der Waals surface area (Å²) in [5.74, 6) is 0. The third-order valence-electron chi connectivity index (χ3n) is 3.87. The van der Waals surface area contributed by atoms with E-state index in [1.54, 1.807) is 0 Å². The first-order chi connectivity index (χ1) is 8.68. The molecular formula is C17H34O. The summed E-state index contributed by atoms with van der Waals surface area (Å²) in [6, 6.07) is 0. The number of allylic oxidation sites excluding steroid dienone is 1. The molecule has 1 atom stereocenters. The fourth-order valence-corrected chi connectivity index (χ4v) is 2.26. The van der Waals surface area contributed by atoms with Crippen molar-refractivity contribution < 1.29 is 4.74 Å². The van der Waals surface area contributed by atoms with Crippen molar-refractivity contribution in [3.05, 3.63) is 12.7 Å². The molecule has 0 aliphatic heterocycles. The van der Waals surface area contributed by atoms with Crippen LogP contribution in [0.25, 0.3) is 0 Å². The molecule has 0 fully saturated rings. The first-order valence-electron chi connectivity index (χ1n) is 7.90. The molecule has 0 heterocycles. The summed E-state index contributed by atoms with van der Waals surface area (Å²) < 4.78 is 5.46. The first kappa shape index (κ1) is 17.7. The maximum Gasteiger partial charge on any atom is 0.0474 e. The zero-order valence-electron chi connectivity index (χ0n) is 13.0. The van der Waals surface area contributed by atoms with E-state index in [0.717, 1.165) is 19.6 Å². The third-order valence-corrected chi connectivity index (χ3v) is 3.87. The average molecular weight is 254 g/mol. The van der Waals surface area contributed by atoms with Gasteiger partial charge in [0.15, 0.2) is 0 Å². The highest BCUT2D eigenvalue weighted by atomic mass is 16.5. The molecule has 18 heavy (non-hydrogen) atoms. The summed E-state index contributed by atoms with van der Waals surface area (Å²) in [5, 5.41) is 0. The van der Waals surface area contributed by atoms with E-state index in [2.05, 4.69) is 33.4 Å². The summed E-state index contributed by atoms with van der Waals surface area (Å²) >= 11 is 0. The topological polar surface area (TPSA) is 9.23 Å². The van der Waals surface area contributed by atoms with E-state index in [-0.39, 0.29) is 5.41 Å². The van der Waals surface area contributed by atoms with Gasteiger partial charge in [-0.05, 0) is 25.2 Å². The van der Waals surface area contributed by atoms with Crippen molar-refractivity contribution in [2.45, 2.75) is 78.6 Å². The molecule has 0 saturated carbocycles. The predicted octanol–water partition coefficient (Wildman–Crippen LogP) is 5.75. The van der Waals surface area contributed by atoms with Gasteiger partial charge in [-0.2, -0.15) is 0 Å². The fraction of sp³-hybridized carbons (Fsp3) is 0.882. The Morgan fingerprint density at radius 1 is 0.944 bits per heavy atom. The normalized spacial score (nSPS) is 14.4. The maximum atomic E-state index is 5.46. The van der Waals surface area contributed by atoms with Crippen molar-refractivity contribution in [2.24, 2.45) is 5.41 Å². The Morgan fingerprint density at radius 3 is 2.11 bits per heavy atom. The smallest absolute Gasteiger partial charge is 0.0474 e. The molecule has 0 aliphatic rings. The monoisotopic (exact) mass is 254 g/mol. The van der Waals surface area contributed by atoms with Crippen molar-refractivity contribution in [2.75, 3.05) is 13.2 Å². The highest BCUT2D eigenvalue weighted by molar-refractivity contribution is 4.91. The van der Waals surface area contributed by atoms with Crippen molar-refractivity contribution in [3.63, 3.8) is 0 Å². The predicted molar refractivity (Wildman–Crippen MR) is 82.0 cm³/mol. The maximum absolute atomic E-state index is 5.46. The van der Waals surface area contributed by atoms with Gasteiger partial charge in [0.1, 0.15) is 0 Å². The number of hydrogen-bond acceptors (Lipinski definition) is 1. The van der Waals surface area contributed by atoms with Crippen LogP contribution in [0.1, 0.15) is 78.6 Å². The van der Waals surface area contributed by atoms with Crippen LogP contribution in [0.4, 0.5) is 0 Å². The van der Waals surface area contributed by atoms with Crippen molar-refractivity contribution in [1.29, 1.82) is 0 Å². The molecule has 0 saturated heterocycles. The second-order valence-corrected chi connectivity index (χ2v) is 5.68. The van der Waals surface area contributed by atoms with Gasteiger partial charge in [0, 0.05) is 13.2 Å². The van der Waals surface area contributed by atoms with E-state index in [1.807, 2.05) is 0 Å². The van der Waals surface area contributed by atoms with E-state index in [9.17, 15) is 0 Å². The summed E-state index contributed by atoms with van der Waals surface area (Å²) in [5.41, 5.74) is 0.276. The largest absolute Gasteiger partial charge is 0.382 e. The van der Waals surface area contributed by atoms with Crippen LogP contribution in [-0.4, -0.2) is 13.2 Å². The standard InChI is InChI=1S/C17H34O/c1-5-8-9-10-11-12-13-14-17(4,6-2)15-16-18-7-3/h6H,2,5,7-16H2,1,3-4H3. The third kappa shape index (κ3) is 9.70. The lowest BCUT2D eigenvalue weighted by molar-refractivity contribution is 0.118. The van der Waals surface area contributed by atoms with E-state index in [1.165, 1.54) is 51.4 Å². The molecule has 0 radical (unpaired) electrons. The number of ether oxygens (including phenoxy) is 1. The summed E-state index contributed by atoms with van der Waals surface area (Å²) in [6.07, 6.45) is 14.2. The van der Waals surface area contributed by atoms with Crippen molar-refractivity contribution >= 4 is 0 Å². The van der Waals surface area contributed by atoms with Gasteiger partial charge in [0.05, 0.1) is 0 Å². The molecule has 1 unspecified atom stereocenters. The average Bonchev–Trinajstić information content (AvgIpc) is 2.38. The Labute approximate surface area is 115 Å². The Kier molecular flexibility index (Phi) is 11.6.